The number of rotatable bonds is 6. The monoisotopic (exact) mass is 319 g/mol. The summed E-state index contributed by atoms with van der Waals surface area (Å²) in [5, 5.41) is 3.05. The Bertz CT molecular complexity index is 595. The van der Waals surface area contributed by atoms with Crippen molar-refractivity contribution in [3.05, 3.63) is 29.3 Å². The molecule has 0 aliphatic heterocycles. The van der Waals surface area contributed by atoms with Crippen LogP contribution in [-0.4, -0.2) is 33.3 Å². The highest BCUT2D eigenvalue weighted by Gasteiger charge is 2.22. The van der Waals surface area contributed by atoms with Crippen molar-refractivity contribution in [1.29, 1.82) is 0 Å². The SMILES string of the molecule is COc1ccc(C(=O)N[C@@H](C)C2=CCCCC2)c(OC)c1OC. The molecule has 0 radical (unpaired) electrons. The van der Waals surface area contributed by atoms with Crippen LogP contribution in [0.5, 0.6) is 17.2 Å². The van der Waals surface area contributed by atoms with E-state index in [0.717, 1.165) is 12.8 Å². The fourth-order valence-electron chi connectivity index (χ4n) is 2.90. The molecule has 1 amide bonds. The highest BCUT2D eigenvalue weighted by atomic mass is 16.5. The van der Waals surface area contributed by atoms with E-state index in [1.165, 1.54) is 32.6 Å². The maximum absolute atomic E-state index is 12.6. The molecular formula is C18H25NO4. The number of ether oxygens (including phenoxy) is 3. The van der Waals surface area contributed by atoms with Crippen LogP contribution in [0.1, 0.15) is 43.0 Å². The van der Waals surface area contributed by atoms with Gasteiger partial charge < -0.3 is 19.5 Å². The van der Waals surface area contributed by atoms with E-state index in [2.05, 4.69) is 11.4 Å². The fraction of sp³-hybridized carbons (Fsp3) is 0.500. The topological polar surface area (TPSA) is 56.8 Å². The largest absolute Gasteiger partial charge is 0.493 e. The molecule has 23 heavy (non-hydrogen) atoms. The number of carbonyl (C=O) groups is 1. The molecular weight excluding hydrogens is 294 g/mol. The van der Waals surface area contributed by atoms with Crippen LogP contribution < -0.4 is 19.5 Å². The second-order valence-electron chi connectivity index (χ2n) is 5.60. The summed E-state index contributed by atoms with van der Waals surface area (Å²) in [7, 11) is 4.59. The first kappa shape index (κ1) is 17.2. The summed E-state index contributed by atoms with van der Waals surface area (Å²) in [6.07, 6.45) is 6.79. The standard InChI is InChI=1S/C18H25NO4/c1-12(13-8-6-5-7-9-13)19-18(20)14-10-11-15(21-2)17(23-4)16(14)22-3/h8,10-12H,5-7,9H2,1-4H3,(H,19,20)/t12-/m0/s1. The second-order valence-corrected chi connectivity index (χ2v) is 5.60. The molecule has 1 aliphatic rings. The highest BCUT2D eigenvalue weighted by molar-refractivity contribution is 5.98. The third-order valence-corrected chi connectivity index (χ3v) is 4.18. The van der Waals surface area contributed by atoms with Crippen LogP contribution in [0.4, 0.5) is 0 Å². The molecule has 5 heteroatoms. The van der Waals surface area contributed by atoms with Gasteiger partial charge in [-0.15, -0.1) is 0 Å². The molecule has 0 spiro atoms. The molecule has 0 saturated heterocycles. The summed E-state index contributed by atoms with van der Waals surface area (Å²) in [4.78, 5) is 12.6. The van der Waals surface area contributed by atoms with Gasteiger partial charge in [-0.05, 0) is 44.7 Å². The Labute approximate surface area is 137 Å². The lowest BCUT2D eigenvalue weighted by molar-refractivity contribution is 0.0940. The van der Waals surface area contributed by atoms with E-state index < -0.39 is 0 Å². The molecule has 0 aromatic heterocycles. The van der Waals surface area contributed by atoms with Gasteiger partial charge in [-0.2, -0.15) is 0 Å². The zero-order chi connectivity index (χ0) is 16.8. The Kier molecular flexibility index (Phi) is 5.90. The van der Waals surface area contributed by atoms with Crippen molar-refractivity contribution in [3.8, 4) is 17.2 Å². The van der Waals surface area contributed by atoms with E-state index in [-0.39, 0.29) is 11.9 Å². The molecule has 5 nitrogen and oxygen atoms in total. The average Bonchev–Trinajstić information content (AvgIpc) is 2.60. The lowest BCUT2D eigenvalue weighted by atomic mass is 9.94. The van der Waals surface area contributed by atoms with Gasteiger partial charge in [0.2, 0.25) is 5.75 Å². The lowest BCUT2D eigenvalue weighted by Gasteiger charge is -2.22. The van der Waals surface area contributed by atoms with Crippen LogP contribution in [0.2, 0.25) is 0 Å². The number of hydrogen-bond acceptors (Lipinski definition) is 4. The first-order chi connectivity index (χ1) is 11.1. The summed E-state index contributed by atoms with van der Waals surface area (Å²) in [6.45, 7) is 2.02. The van der Waals surface area contributed by atoms with Crippen LogP contribution in [0, 0.1) is 0 Å². The van der Waals surface area contributed by atoms with E-state index >= 15 is 0 Å². The fourth-order valence-corrected chi connectivity index (χ4v) is 2.90. The summed E-state index contributed by atoms with van der Waals surface area (Å²) in [6, 6.07) is 3.42. The quantitative estimate of drug-likeness (QED) is 0.817. The first-order valence-corrected chi connectivity index (χ1v) is 7.91. The van der Waals surface area contributed by atoms with Gasteiger partial charge in [0.25, 0.3) is 5.91 Å². The number of nitrogens with one attached hydrogen (secondary N) is 1. The Balaban J connectivity index is 2.23. The third-order valence-electron chi connectivity index (χ3n) is 4.18. The minimum Gasteiger partial charge on any atom is -0.493 e. The van der Waals surface area contributed by atoms with Gasteiger partial charge in [0.1, 0.15) is 0 Å². The molecule has 1 aliphatic carbocycles. The molecule has 1 aromatic rings. The number of carbonyl (C=O) groups excluding carboxylic acids is 1. The van der Waals surface area contributed by atoms with Gasteiger partial charge in [0.15, 0.2) is 11.5 Å². The number of amides is 1. The molecule has 1 N–H and O–H groups in total. The van der Waals surface area contributed by atoms with Gasteiger partial charge in [-0.1, -0.05) is 11.6 Å². The van der Waals surface area contributed by atoms with Crippen LogP contribution in [0.15, 0.2) is 23.8 Å². The zero-order valence-electron chi connectivity index (χ0n) is 14.3. The first-order valence-electron chi connectivity index (χ1n) is 7.91. The molecule has 1 atom stereocenters. The maximum atomic E-state index is 12.6. The highest BCUT2D eigenvalue weighted by Crippen LogP contribution is 2.39. The molecule has 2 rings (SSSR count). The minimum absolute atomic E-state index is 0.0144. The van der Waals surface area contributed by atoms with E-state index in [9.17, 15) is 4.79 Å². The predicted octanol–water partition coefficient (Wildman–Crippen LogP) is 3.33. The van der Waals surface area contributed by atoms with Crippen molar-refractivity contribution in [1.82, 2.24) is 5.32 Å². The van der Waals surface area contributed by atoms with Crippen LogP contribution in [0.3, 0.4) is 0 Å². The second kappa shape index (κ2) is 7.90. The molecule has 0 fully saturated rings. The molecule has 0 heterocycles. The van der Waals surface area contributed by atoms with Gasteiger partial charge in [0, 0.05) is 6.04 Å². The smallest absolute Gasteiger partial charge is 0.255 e. The summed E-state index contributed by atoms with van der Waals surface area (Å²) >= 11 is 0. The van der Waals surface area contributed by atoms with Gasteiger partial charge >= 0.3 is 0 Å². The average molecular weight is 319 g/mol. The van der Waals surface area contributed by atoms with Crippen molar-refractivity contribution in [2.24, 2.45) is 0 Å². The van der Waals surface area contributed by atoms with Gasteiger partial charge in [-0.25, -0.2) is 0 Å². The van der Waals surface area contributed by atoms with Crippen molar-refractivity contribution in [3.63, 3.8) is 0 Å². The summed E-state index contributed by atoms with van der Waals surface area (Å²) < 4.78 is 16.0. The Hall–Kier alpha value is -2.17. The van der Waals surface area contributed by atoms with Crippen molar-refractivity contribution in [2.75, 3.05) is 21.3 Å². The summed E-state index contributed by atoms with van der Waals surface area (Å²) in [5.74, 6) is 1.16. The molecule has 126 valence electrons. The minimum atomic E-state index is -0.179. The molecule has 1 aromatic carbocycles. The molecule has 0 saturated carbocycles. The third kappa shape index (κ3) is 3.78. The van der Waals surface area contributed by atoms with Crippen LogP contribution in [-0.2, 0) is 0 Å². The predicted molar refractivity (Wildman–Crippen MR) is 89.6 cm³/mol. The Morgan fingerprint density at radius 3 is 2.39 bits per heavy atom. The van der Waals surface area contributed by atoms with E-state index in [4.69, 9.17) is 14.2 Å². The van der Waals surface area contributed by atoms with E-state index in [0.29, 0.717) is 22.8 Å². The number of benzene rings is 1. The van der Waals surface area contributed by atoms with Gasteiger partial charge in [0.05, 0.1) is 26.9 Å². The normalized spacial score (nSPS) is 15.4. The van der Waals surface area contributed by atoms with Crippen LogP contribution >= 0.6 is 0 Å². The van der Waals surface area contributed by atoms with Crippen molar-refractivity contribution < 1.29 is 19.0 Å². The maximum Gasteiger partial charge on any atom is 0.255 e. The summed E-state index contributed by atoms with van der Waals surface area (Å²) in [5.41, 5.74) is 1.73. The van der Waals surface area contributed by atoms with E-state index in [1.807, 2.05) is 6.92 Å². The van der Waals surface area contributed by atoms with Crippen molar-refractivity contribution in [2.45, 2.75) is 38.6 Å². The lowest BCUT2D eigenvalue weighted by Crippen LogP contribution is -2.34. The van der Waals surface area contributed by atoms with Crippen LogP contribution in [0.25, 0.3) is 0 Å². The Morgan fingerprint density at radius 1 is 1.09 bits per heavy atom. The number of hydrogen-bond donors (Lipinski definition) is 1. The van der Waals surface area contributed by atoms with Crippen molar-refractivity contribution >= 4 is 5.91 Å². The number of methoxy groups -OCH3 is 3. The molecule has 0 unspecified atom stereocenters. The number of allylic oxidation sites excluding steroid dienone is 1. The molecule has 0 bridgehead atoms. The van der Waals surface area contributed by atoms with E-state index in [1.54, 1.807) is 19.2 Å². The zero-order valence-corrected chi connectivity index (χ0v) is 14.3. The van der Waals surface area contributed by atoms with Gasteiger partial charge in [-0.3, -0.25) is 4.79 Å². The Morgan fingerprint density at radius 2 is 1.83 bits per heavy atom.